The molecule has 9 nitrogen and oxygen atoms in total. The summed E-state index contributed by atoms with van der Waals surface area (Å²) in [4.78, 5) is 48.0. The van der Waals surface area contributed by atoms with Crippen LogP contribution in [0.1, 0.15) is 53.5 Å². The highest BCUT2D eigenvalue weighted by Crippen LogP contribution is 2.11. The maximum atomic E-state index is 12.4. The SMILES string of the molecule is CC(C)(C)OC(=O)C(=O)OCC[C@H](NC(=O)OCc1ccccc1)C(=O)OC(C)(C)C. The van der Waals surface area contributed by atoms with Crippen LogP contribution >= 0.6 is 0 Å². The Hall–Kier alpha value is -3.10. The number of benzene rings is 1. The highest BCUT2D eigenvalue weighted by molar-refractivity contribution is 6.29. The normalized spacial score (nSPS) is 12.3. The van der Waals surface area contributed by atoms with E-state index in [4.69, 9.17) is 18.9 Å². The molecule has 1 aromatic carbocycles. The van der Waals surface area contributed by atoms with Crippen LogP contribution in [0.5, 0.6) is 0 Å². The number of hydrogen-bond acceptors (Lipinski definition) is 8. The lowest BCUT2D eigenvalue weighted by Gasteiger charge is -2.24. The van der Waals surface area contributed by atoms with E-state index in [1.807, 2.05) is 6.07 Å². The number of rotatable bonds is 7. The van der Waals surface area contributed by atoms with E-state index in [1.165, 1.54) is 0 Å². The van der Waals surface area contributed by atoms with Crippen LogP contribution in [-0.4, -0.2) is 47.9 Å². The zero-order valence-corrected chi connectivity index (χ0v) is 18.9. The summed E-state index contributed by atoms with van der Waals surface area (Å²) in [6, 6.07) is 7.87. The summed E-state index contributed by atoms with van der Waals surface area (Å²) in [5.41, 5.74) is -0.866. The minimum Gasteiger partial charge on any atom is -0.458 e. The fourth-order valence-corrected chi connectivity index (χ4v) is 2.18. The molecule has 0 saturated carbocycles. The van der Waals surface area contributed by atoms with Gasteiger partial charge in [-0.1, -0.05) is 30.3 Å². The van der Waals surface area contributed by atoms with Crippen molar-refractivity contribution in [1.82, 2.24) is 5.32 Å². The Bertz CT molecular complexity index is 762. The monoisotopic (exact) mass is 437 g/mol. The Morgan fingerprint density at radius 3 is 1.97 bits per heavy atom. The van der Waals surface area contributed by atoms with Gasteiger partial charge in [-0.2, -0.15) is 0 Å². The van der Waals surface area contributed by atoms with Crippen LogP contribution in [0.15, 0.2) is 30.3 Å². The second kappa shape index (κ2) is 11.3. The quantitative estimate of drug-likeness (QED) is 0.393. The largest absolute Gasteiger partial charge is 0.458 e. The standard InChI is InChI=1S/C22H31NO8/c1-21(2,3)30-17(24)16(12-13-28-18(25)19(26)31-22(4,5)6)23-20(27)29-14-15-10-8-7-9-11-15/h7-11,16H,12-14H2,1-6H3,(H,23,27)/t16-/m0/s1. The lowest BCUT2D eigenvalue weighted by atomic mass is 10.1. The molecule has 1 N–H and O–H groups in total. The molecule has 0 aromatic heterocycles. The van der Waals surface area contributed by atoms with Gasteiger partial charge in [-0.15, -0.1) is 0 Å². The molecular weight excluding hydrogens is 406 g/mol. The number of carbonyl (C=O) groups excluding carboxylic acids is 4. The van der Waals surface area contributed by atoms with Gasteiger partial charge in [-0.3, -0.25) is 0 Å². The van der Waals surface area contributed by atoms with E-state index in [2.05, 4.69) is 5.32 Å². The van der Waals surface area contributed by atoms with E-state index < -0.39 is 41.2 Å². The van der Waals surface area contributed by atoms with Gasteiger partial charge in [0.25, 0.3) is 0 Å². The molecule has 0 bridgehead atoms. The fraction of sp³-hybridized carbons (Fsp3) is 0.545. The topological polar surface area (TPSA) is 117 Å². The minimum absolute atomic E-state index is 0.0152. The van der Waals surface area contributed by atoms with Crippen molar-refractivity contribution in [3.05, 3.63) is 35.9 Å². The lowest BCUT2D eigenvalue weighted by Crippen LogP contribution is -2.45. The highest BCUT2D eigenvalue weighted by atomic mass is 16.6. The summed E-state index contributed by atoms with van der Waals surface area (Å²) in [6.45, 7) is 9.57. The van der Waals surface area contributed by atoms with Crippen molar-refractivity contribution in [2.75, 3.05) is 6.61 Å². The lowest BCUT2D eigenvalue weighted by molar-refractivity contribution is -0.175. The number of alkyl carbamates (subject to hydrolysis) is 1. The highest BCUT2D eigenvalue weighted by Gasteiger charge is 2.29. The minimum atomic E-state index is -1.19. The van der Waals surface area contributed by atoms with Crippen LogP contribution in [0, 0.1) is 0 Å². The van der Waals surface area contributed by atoms with Crippen molar-refractivity contribution in [2.24, 2.45) is 0 Å². The van der Waals surface area contributed by atoms with E-state index in [-0.39, 0.29) is 19.6 Å². The maximum Gasteiger partial charge on any atom is 0.417 e. The number of carbonyl (C=O) groups is 4. The third-order valence-corrected chi connectivity index (χ3v) is 3.40. The molecule has 0 radical (unpaired) electrons. The van der Waals surface area contributed by atoms with Crippen LogP contribution in [0.4, 0.5) is 4.79 Å². The van der Waals surface area contributed by atoms with Crippen molar-refractivity contribution < 1.29 is 38.1 Å². The van der Waals surface area contributed by atoms with Crippen molar-refractivity contribution in [2.45, 2.75) is 71.8 Å². The van der Waals surface area contributed by atoms with Gasteiger partial charge in [-0.05, 0) is 47.1 Å². The predicted molar refractivity (Wildman–Crippen MR) is 111 cm³/mol. The van der Waals surface area contributed by atoms with Crippen LogP contribution in [0.2, 0.25) is 0 Å². The summed E-state index contributed by atoms with van der Waals surface area (Å²) >= 11 is 0. The first-order chi connectivity index (χ1) is 14.3. The fourth-order valence-electron chi connectivity index (χ4n) is 2.18. The first-order valence-electron chi connectivity index (χ1n) is 9.87. The van der Waals surface area contributed by atoms with Gasteiger partial charge in [0.05, 0.1) is 6.61 Å². The van der Waals surface area contributed by atoms with E-state index in [1.54, 1.807) is 65.8 Å². The van der Waals surface area contributed by atoms with Crippen molar-refractivity contribution in [3.8, 4) is 0 Å². The summed E-state index contributed by atoms with van der Waals surface area (Å²) < 4.78 is 20.2. The van der Waals surface area contributed by atoms with E-state index in [0.29, 0.717) is 0 Å². The molecule has 0 aliphatic carbocycles. The van der Waals surface area contributed by atoms with Gasteiger partial charge in [0.1, 0.15) is 23.9 Å². The predicted octanol–water partition coefficient (Wildman–Crippen LogP) is 2.90. The molecule has 1 atom stereocenters. The Balaban J connectivity index is 2.64. The Morgan fingerprint density at radius 2 is 1.42 bits per heavy atom. The molecule has 172 valence electrons. The molecule has 1 amide bonds. The summed E-state index contributed by atoms with van der Waals surface area (Å²) in [5.74, 6) is -3.06. The number of hydrogen-bond donors (Lipinski definition) is 1. The summed E-state index contributed by atoms with van der Waals surface area (Å²) in [7, 11) is 0. The smallest absolute Gasteiger partial charge is 0.417 e. The van der Waals surface area contributed by atoms with Gasteiger partial charge >= 0.3 is 24.0 Å². The number of ether oxygens (including phenoxy) is 4. The number of amides is 1. The van der Waals surface area contributed by atoms with Crippen molar-refractivity contribution >= 4 is 24.0 Å². The van der Waals surface area contributed by atoms with E-state index in [9.17, 15) is 19.2 Å². The van der Waals surface area contributed by atoms with E-state index in [0.717, 1.165) is 5.56 Å². The first kappa shape index (κ1) is 25.9. The molecule has 0 unspecified atom stereocenters. The molecule has 9 heteroatoms. The number of esters is 3. The van der Waals surface area contributed by atoms with Crippen molar-refractivity contribution in [1.29, 1.82) is 0 Å². The van der Waals surface area contributed by atoms with Gasteiger partial charge in [0.15, 0.2) is 0 Å². The average molecular weight is 437 g/mol. The maximum absolute atomic E-state index is 12.4. The van der Waals surface area contributed by atoms with Gasteiger partial charge < -0.3 is 24.3 Å². The molecule has 0 aliphatic heterocycles. The van der Waals surface area contributed by atoms with Gasteiger partial charge in [0.2, 0.25) is 0 Å². The second-order valence-electron chi connectivity index (χ2n) is 8.72. The molecule has 0 heterocycles. The molecule has 31 heavy (non-hydrogen) atoms. The Morgan fingerprint density at radius 1 is 0.839 bits per heavy atom. The summed E-state index contributed by atoms with van der Waals surface area (Å²) in [5, 5.41) is 2.41. The van der Waals surface area contributed by atoms with Crippen molar-refractivity contribution in [3.63, 3.8) is 0 Å². The molecule has 1 aromatic rings. The third kappa shape index (κ3) is 11.6. The molecular formula is C22H31NO8. The summed E-state index contributed by atoms with van der Waals surface area (Å²) in [6.07, 6.45) is -0.956. The molecule has 0 saturated heterocycles. The third-order valence-electron chi connectivity index (χ3n) is 3.40. The molecule has 0 spiro atoms. The second-order valence-corrected chi connectivity index (χ2v) is 8.72. The first-order valence-corrected chi connectivity index (χ1v) is 9.87. The van der Waals surface area contributed by atoms with Gasteiger partial charge in [-0.25, -0.2) is 19.2 Å². The Labute approximate surface area is 182 Å². The molecule has 1 rings (SSSR count). The van der Waals surface area contributed by atoms with E-state index >= 15 is 0 Å². The van der Waals surface area contributed by atoms with Crippen LogP contribution in [0.25, 0.3) is 0 Å². The van der Waals surface area contributed by atoms with Gasteiger partial charge in [0, 0.05) is 6.42 Å². The Kier molecular flexibility index (Phi) is 9.48. The van der Waals surface area contributed by atoms with Crippen LogP contribution < -0.4 is 5.32 Å². The molecule has 0 aliphatic rings. The van der Waals surface area contributed by atoms with Crippen LogP contribution in [-0.2, 0) is 39.9 Å². The average Bonchev–Trinajstić information content (AvgIpc) is 2.63. The zero-order valence-electron chi connectivity index (χ0n) is 18.9. The number of nitrogens with one attached hydrogen (secondary N) is 1. The zero-order chi connectivity index (χ0) is 23.7. The molecule has 0 fully saturated rings. The van der Waals surface area contributed by atoms with Crippen LogP contribution in [0.3, 0.4) is 0 Å².